The van der Waals surface area contributed by atoms with E-state index in [4.69, 9.17) is 5.26 Å². The van der Waals surface area contributed by atoms with Crippen LogP contribution in [0.25, 0.3) is 11.3 Å². The molecule has 0 unspecified atom stereocenters. The molecule has 0 radical (unpaired) electrons. The van der Waals surface area contributed by atoms with Crippen LogP contribution in [0.2, 0.25) is 0 Å². The van der Waals surface area contributed by atoms with Gasteiger partial charge in [0.25, 0.3) is 15.6 Å². The van der Waals surface area contributed by atoms with Crippen LogP contribution in [0.1, 0.15) is 11.1 Å². The number of sulfonamides is 1. The first kappa shape index (κ1) is 17.4. The summed E-state index contributed by atoms with van der Waals surface area (Å²) >= 11 is 0. The lowest BCUT2D eigenvalue weighted by Gasteiger charge is -2.12. The van der Waals surface area contributed by atoms with Crippen LogP contribution in [-0.4, -0.2) is 18.6 Å². The van der Waals surface area contributed by atoms with E-state index >= 15 is 0 Å². The Hall–Kier alpha value is -3.44. The molecule has 0 saturated carbocycles. The number of nitrogens with zero attached hydrogens (tertiary/aromatic N) is 2. The summed E-state index contributed by atoms with van der Waals surface area (Å²) in [5.41, 5.74) is 1.88. The largest absolute Gasteiger partial charge is 0.280 e. The lowest BCUT2D eigenvalue weighted by Crippen LogP contribution is -2.14. The molecule has 1 heterocycles. The van der Waals surface area contributed by atoms with Crippen molar-refractivity contribution < 1.29 is 8.42 Å². The number of nitrogens with one attached hydrogen (secondary N) is 2. The summed E-state index contributed by atoms with van der Waals surface area (Å²) in [5.74, 6) is 0. The fraction of sp³-hybridized carbons (Fsp3) is 0.0556. The van der Waals surface area contributed by atoms with Crippen molar-refractivity contribution in [1.29, 1.82) is 5.26 Å². The molecule has 130 valence electrons. The molecule has 0 amide bonds. The molecule has 0 fully saturated rings. The Morgan fingerprint density at radius 1 is 1.12 bits per heavy atom. The van der Waals surface area contributed by atoms with Crippen molar-refractivity contribution in [3.63, 3.8) is 0 Å². The molecule has 7 nitrogen and oxygen atoms in total. The van der Waals surface area contributed by atoms with Gasteiger partial charge >= 0.3 is 0 Å². The zero-order valence-electron chi connectivity index (χ0n) is 13.7. The molecule has 2 aromatic carbocycles. The Balaban J connectivity index is 2.01. The summed E-state index contributed by atoms with van der Waals surface area (Å²) in [6, 6.07) is 15.9. The average Bonchev–Trinajstić information content (AvgIpc) is 2.62. The Morgan fingerprint density at radius 2 is 1.92 bits per heavy atom. The average molecular weight is 366 g/mol. The standard InChI is InChI=1S/C18H14N4O3S/c1-12-5-6-14(16-7-8-18(23)21-20-16)10-17(12)26(24,25)22-15-4-2-3-13(9-15)11-19/h2-10,22H,1H3,(H,21,23). The van der Waals surface area contributed by atoms with Crippen LogP contribution >= 0.6 is 0 Å². The number of aryl methyl sites for hydroxylation is 1. The number of hydrogen-bond donors (Lipinski definition) is 2. The van der Waals surface area contributed by atoms with E-state index in [0.717, 1.165) is 0 Å². The Morgan fingerprint density at radius 3 is 2.62 bits per heavy atom. The van der Waals surface area contributed by atoms with Gasteiger partial charge in [0.15, 0.2) is 0 Å². The second-order valence-electron chi connectivity index (χ2n) is 5.58. The molecule has 0 aliphatic carbocycles. The number of hydrogen-bond acceptors (Lipinski definition) is 5. The third kappa shape index (κ3) is 3.63. The van der Waals surface area contributed by atoms with E-state index < -0.39 is 10.0 Å². The molecule has 0 saturated heterocycles. The van der Waals surface area contributed by atoms with Crippen LogP contribution in [0.15, 0.2) is 64.3 Å². The highest BCUT2D eigenvalue weighted by atomic mass is 32.2. The summed E-state index contributed by atoms with van der Waals surface area (Å²) in [6.45, 7) is 1.68. The van der Waals surface area contributed by atoms with Gasteiger partial charge in [0.05, 0.1) is 27.9 Å². The third-order valence-electron chi connectivity index (χ3n) is 3.70. The summed E-state index contributed by atoms with van der Waals surface area (Å²) < 4.78 is 28.1. The van der Waals surface area contributed by atoms with Gasteiger partial charge in [0.1, 0.15) is 0 Å². The molecule has 0 aliphatic rings. The lowest BCUT2D eigenvalue weighted by atomic mass is 10.1. The van der Waals surface area contributed by atoms with Crippen molar-refractivity contribution in [3.8, 4) is 17.3 Å². The predicted molar refractivity (Wildman–Crippen MR) is 97.0 cm³/mol. The van der Waals surface area contributed by atoms with Crippen LogP contribution in [0.3, 0.4) is 0 Å². The summed E-state index contributed by atoms with van der Waals surface area (Å²) in [5, 5.41) is 15.2. The predicted octanol–water partition coefficient (Wildman–Crippen LogP) is 2.42. The van der Waals surface area contributed by atoms with Gasteiger partial charge in [0, 0.05) is 11.6 Å². The molecule has 3 aromatic rings. The Labute approximate surface area is 150 Å². The molecule has 0 bridgehead atoms. The monoisotopic (exact) mass is 366 g/mol. The summed E-state index contributed by atoms with van der Waals surface area (Å²) in [7, 11) is -3.87. The second-order valence-corrected chi connectivity index (χ2v) is 7.24. The molecule has 1 aromatic heterocycles. The number of aromatic nitrogens is 2. The lowest BCUT2D eigenvalue weighted by molar-refractivity contribution is 0.600. The summed E-state index contributed by atoms with van der Waals surface area (Å²) in [4.78, 5) is 11.2. The van der Waals surface area contributed by atoms with Gasteiger partial charge in [0.2, 0.25) is 0 Å². The van der Waals surface area contributed by atoms with E-state index in [0.29, 0.717) is 28.1 Å². The van der Waals surface area contributed by atoms with Gasteiger partial charge in [-0.15, -0.1) is 0 Å². The first-order valence-electron chi connectivity index (χ1n) is 7.59. The number of H-pyrrole nitrogens is 1. The van der Waals surface area contributed by atoms with E-state index in [1.807, 2.05) is 6.07 Å². The molecule has 26 heavy (non-hydrogen) atoms. The molecule has 0 aliphatic heterocycles. The van der Waals surface area contributed by atoms with Crippen molar-refractivity contribution in [2.45, 2.75) is 11.8 Å². The topological polar surface area (TPSA) is 116 Å². The minimum atomic E-state index is -3.87. The fourth-order valence-electron chi connectivity index (χ4n) is 2.42. The van der Waals surface area contributed by atoms with Gasteiger partial charge in [-0.25, -0.2) is 13.5 Å². The number of nitriles is 1. The van der Waals surface area contributed by atoms with Gasteiger partial charge in [-0.1, -0.05) is 18.2 Å². The molecule has 8 heteroatoms. The quantitative estimate of drug-likeness (QED) is 0.736. The van der Waals surface area contributed by atoms with Crippen molar-refractivity contribution in [2.75, 3.05) is 4.72 Å². The zero-order valence-corrected chi connectivity index (χ0v) is 14.5. The highest BCUT2D eigenvalue weighted by Crippen LogP contribution is 2.25. The van der Waals surface area contributed by atoms with Gasteiger partial charge in [-0.2, -0.15) is 10.4 Å². The third-order valence-corrected chi connectivity index (χ3v) is 5.22. The van der Waals surface area contributed by atoms with E-state index in [-0.39, 0.29) is 10.5 Å². The van der Waals surface area contributed by atoms with Crippen molar-refractivity contribution in [2.24, 2.45) is 0 Å². The molecule has 2 N–H and O–H groups in total. The molecule has 0 atom stereocenters. The van der Waals surface area contributed by atoms with Crippen LogP contribution in [0, 0.1) is 18.3 Å². The first-order valence-corrected chi connectivity index (χ1v) is 9.07. The van der Waals surface area contributed by atoms with Crippen molar-refractivity contribution in [1.82, 2.24) is 10.2 Å². The van der Waals surface area contributed by atoms with E-state index in [9.17, 15) is 13.2 Å². The van der Waals surface area contributed by atoms with Crippen molar-refractivity contribution in [3.05, 3.63) is 76.1 Å². The molecular formula is C18H14N4O3S. The van der Waals surface area contributed by atoms with Crippen molar-refractivity contribution >= 4 is 15.7 Å². The minimum absolute atomic E-state index is 0.0883. The van der Waals surface area contributed by atoms with Crippen LogP contribution in [0.5, 0.6) is 0 Å². The smallest absolute Gasteiger partial charge is 0.264 e. The highest BCUT2D eigenvalue weighted by Gasteiger charge is 2.18. The van der Waals surface area contributed by atoms with E-state index in [1.54, 1.807) is 37.3 Å². The number of aromatic amines is 1. The number of benzene rings is 2. The van der Waals surface area contributed by atoms with E-state index in [2.05, 4.69) is 14.9 Å². The van der Waals surface area contributed by atoms with Gasteiger partial charge in [-0.3, -0.25) is 9.52 Å². The normalized spacial score (nSPS) is 10.9. The molecule has 3 rings (SSSR count). The molecular weight excluding hydrogens is 352 g/mol. The summed E-state index contributed by atoms with van der Waals surface area (Å²) in [6.07, 6.45) is 0. The second kappa shape index (κ2) is 6.82. The van der Waals surface area contributed by atoms with Gasteiger partial charge < -0.3 is 0 Å². The Bertz CT molecular complexity index is 1160. The maximum Gasteiger partial charge on any atom is 0.264 e. The maximum atomic E-state index is 12.8. The molecule has 0 spiro atoms. The number of rotatable bonds is 4. The van der Waals surface area contributed by atoms with E-state index in [1.165, 1.54) is 24.3 Å². The zero-order chi connectivity index (χ0) is 18.7. The minimum Gasteiger partial charge on any atom is -0.280 e. The number of anilines is 1. The SMILES string of the molecule is Cc1ccc(-c2ccc(=O)[nH]n2)cc1S(=O)(=O)Nc1cccc(C#N)c1. The van der Waals surface area contributed by atoms with Crippen LogP contribution < -0.4 is 10.3 Å². The highest BCUT2D eigenvalue weighted by molar-refractivity contribution is 7.92. The fourth-order valence-corrected chi connectivity index (χ4v) is 3.74. The first-order chi connectivity index (χ1) is 12.4. The Kier molecular flexibility index (Phi) is 4.56. The van der Waals surface area contributed by atoms with Gasteiger partial charge in [-0.05, 0) is 42.8 Å². The van der Waals surface area contributed by atoms with Crippen LogP contribution in [-0.2, 0) is 10.0 Å². The van der Waals surface area contributed by atoms with Crippen LogP contribution in [0.4, 0.5) is 5.69 Å². The maximum absolute atomic E-state index is 12.8.